The van der Waals surface area contributed by atoms with E-state index in [1.165, 1.54) is 21.7 Å². The Hall–Kier alpha value is -7.11. The summed E-state index contributed by atoms with van der Waals surface area (Å²) in [6.07, 6.45) is 4.88. The lowest BCUT2D eigenvalue weighted by atomic mass is 9.89. The molecule has 1 aliphatic heterocycles. The molecule has 5 heteroatoms. The quantitative estimate of drug-likeness (QED) is 0.180. The molecule has 0 fully saturated rings. The molecule has 54 heavy (non-hydrogen) atoms. The van der Waals surface area contributed by atoms with Crippen molar-refractivity contribution in [2.24, 2.45) is 0 Å². The fourth-order valence-electron chi connectivity index (χ4n) is 8.37. The number of para-hydroxylation sites is 1. The molecule has 0 bridgehead atoms. The highest BCUT2D eigenvalue weighted by Gasteiger charge is 2.39. The zero-order valence-electron chi connectivity index (χ0n) is 29.2. The molecule has 0 N–H and O–H groups in total. The molecule has 0 radical (unpaired) electrons. The van der Waals surface area contributed by atoms with Crippen LogP contribution in [0.15, 0.2) is 174 Å². The highest BCUT2D eigenvalue weighted by atomic mass is 16.3. The van der Waals surface area contributed by atoms with Crippen LogP contribution >= 0.6 is 0 Å². The summed E-state index contributed by atoms with van der Waals surface area (Å²) in [5.74, 6) is 2.03. The van der Waals surface area contributed by atoms with Gasteiger partial charge in [-0.05, 0) is 51.4 Å². The van der Waals surface area contributed by atoms with Gasteiger partial charge in [0.15, 0.2) is 17.5 Å². The first-order chi connectivity index (χ1) is 26.8. The average Bonchev–Trinajstić information content (AvgIpc) is 3.79. The SMILES string of the molecule is C1=c2ccccc2=CC2C1c1ccccc1N2c1cc(-c2ccccc2)cc2oc3cccc(-c4nc(-c5ccccc5)nc(-c5ccccc5)n4)c3c12. The third kappa shape index (κ3) is 4.90. The molecule has 2 aromatic heterocycles. The summed E-state index contributed by atoms with van der Waals surface area (Å²) in [5.41, 5.74) is 10.2. The number of anilines is 2. The fraction of sp³-hybridized carbons (Fsp3) is 0.0408. The van der Waals surface area contributed by atoms with Gasteiger partial charge >= 0.3 is 0 Å². The topological polar surface area (TPSA) is 55.1 Å². The molecular weight excluding hydrogens is 661 g/mol. The summed E-state index contributed by atoms with van der Waals surface area (Å²) in [4.78, 5) is 17.8. The summed E-state index contributed by atoms with van der Waals surface area (Å²) in [6.45, 7) is 0. The second-order valence-electron chi connectivity index (χ2n) is 14.0. The van der Waals surface area contributed by atoms with Crippen molar-refractivity contribution >= 4 is 45.5 Å². The van der Waals surface area contributed by atoms with Crippen molar-refractivity contribution in [3.63, 3.8) is 0 Å². The first-order valence-electron chi connectivity index (χ1n) is 18.4. The van der Waals surface area contributed by atoms with E-state index in [1.807, 2.05) is 66.7 Å². The highest BCUT2D eigenvalue weighted by Crippen LogP contribution is 2.52. The number of fused-ring (bicyclic) bond motifs is 7. The standard InChI is InChI=1S/C49H32N4O/c1-4-15-31(16-5-1)36-29-42(53-40-25-13-12-23-37(40)39-27-34-21-10-11-22-35(34)28-41(39)53)46-44(30-36)54-43-26-14-24-38(45(43)46)49-51-47(32-17-6-2-7-18-32)50-48(52-49)33-19-8-3-9-20-33/h1-30,39,41H. The Bertz CT molecular complexity index is 2950. The van der Waals surface area contributed by atoms with Crippen molar-refractivity contribution in [1.82, 2.24) is 15.0 Å². The number of benzene rings is 7. The summed E-state index contributed by atoms with van der Waals surface area (Å²) >= 11 is 0. The van der Waals surface area contributed by atoms with Gasteiger partial charge in [-0.25, -0.2) is 15.0 Å². The number of nitrogens with zero attached hydrogens (tertiary/aromatic N) is 4. The maximum absolute atomic E-state index is 6.87. The van der Waals surface area contributed by atoms with Gasteiger partial charge in [-0.15, -0.1) is 0 Å². The van der Waals surface area contributed by atoms with Crippen molar-refractivity contribution in [2.45, 2.75) is 12.0 Å². The molecule has 0 spiro atoms. The lowest BCUT2D eigenvalue weighted by molar-refractivity contribution is 0.669. The van der Waals surface area contributed by atoms with Gasteiger partial charge in [-0.2, -0.15) is 0 Å². The number of hydrogen-bond donors (Lipinski definition) is 0. The molecule has 11 rings (SSSR count). The number of furan rings is 1. The zero-order chi connectivity index (χ0) is 35.6. The second-order valence-corrected chi connectivity index (χ2v) is 14.0. The van der Waals surface area contributed by atoms with E-state index in [4.69, 9.17) is 19.4 Å². The van der Waals surface area contributed by atoms with Gasteiger partial charge < -0.3 is 9.32 Å². The van der Waals surface area contributed by atoms with Gasteiger partial charge in [0.05, 0.1) is 17.1 Å². The molecular formula is C49H32N4O. The van der Waals surface area contributed by atoms with Gasteiger partial charge in [-0.1, -0.05) is 158 Å². The molecule has 2 unspecified atom stereocenters. The molecule has 3 heterocycles. The zero-order valence-corrected chi connectivity index (χ0v) is 29.2. The van der Waals surface area contributed by atoms with Crippen LogP contribution in [0.3, 0.4) is 0 Å². The van der Waals surface area contributed by atoms with Crippen molar-refractivity contribution in [3.8, 4) is 45.3 Å². The van der Waals surface area contributed by atoms with Crippen LogP contribution in [0.4, 0.5) is 11.4 Å². The molecule has 5 nitrogen and oxygen atoms in total. The molecule has 254 valence electrons. The largest absolute Gasteiger partial charge is 0.456 e. The minimum atomic E-state index is 0.0650. The molecule has 1 aliphatic carbocycles. The summed E-state index contributed by atoms with van der Waals surface area (Å²) in [5, 5.41) is 4.53. The Balaban J connectivity index is 1.22. The monoisotopic (exact) mass is 692 g/mol. The Kier molecular flexibility index (Phi) is 6.92. The van der Waals surface area contributed by atoms with Crippen LogP contribution in [-0.4, -0.2) is 21.0 Å². The normalized spacial score (nSPS) is 15.7. The van der Waals surface area contributed by atoms with E-state index in [2.05, 4.69) is 120 Å². The van der Waals surface area contributed by atoms with Gasteiger partial charge in [0.2, 0.25) is 0 Å². The van der Waals surface area contributed by atoms with Crippen molar-refractivity contribution in [1.29, 1.82) is 0 Å². The first-order valence-corrected chi connectivity index (χ1v) is 18.4. The lowest BCUT2D eigenvalue weighted by Gasteiger charge is -2.30. The number of rotatable bonds is 5. The van der Waals surface area contributed by atoms with Crippen LogP contribution in [0, 0.1) is 0 Å². The van der Waals surface area contributed by atoms with E-state index >= 15 is 0 Å². The maximum Gasteiger partial charge on any atom is 0.164 e. The predicted octanol–water partition coefficient (Wildman–Crippen LogP) is 10.3. The van der Waals surface area contributed by atoms with E-state index in [1.54, 1.807) is 0 Å². The molecule has 0 saturated heterocycles. The van der Waals surface area contributed by atoms with E-state index in [0.717, 1.165) is 55.4 Å². The van der Waals surface area contributed by atoms with Crippen molar-refractivity contribution in [2.75, 3.05) is 4.90 Å². The maximum atomic E-state index is 6.87. The van der Waals surface area contributed by atoms with Crippen LogP contribution in [0.25, 0.3) is 79.4 Å². The molecule has 2 atom stereocenters. The van der Waals surface area contributed by atoms with Crippen LogP contribution in [0.5, 0.6) is 0 Å². The summed E-state index contributed by atoms with van der Waals surface area (Å²) in [6, 6.07) is 59.2. The lowest BCUT2D eigenvalue weighted by Crippen LogP contribution is -2.38. The minimum Gasteiger partial charge on any atom is -0.456 e. The number of hydrogen-bond acceptors (Lipinski definition) is 5. The van der Waals surface area contributed by atoms with E-state index in [0.29, 0.717) is 17.5 Å². The Morgan fingerprint density at radius 2 is 1.02 bits per heavy atom. The molecule has 0 saturated carbocycles. The highest BCUT2D eigenvalue weighted by molar-refractivity contribution is 6.19. The van der Waals surface area contributed by atoms with E-state index in [9.17, 15) is 0 Å². The summed E-state index contributed by atoms with van der Waals surface area (Å²) < 4.78 is 6.87. The third-order valence-corrected chi connectivity index (χ3v) is 10.8. The van der Waals surface area contributed by atoms with Gasteiger partial charge in [0, 0.05) is 33.7 Å². The Morgan fingerprint density at radius 3 is 1.72 bits per heavy atom. The number of aromatic nitrogens is 3. The third-order valence-electron chi connectivity index (χ3n) is 10.8. The second kappa shape index (κ2) is 12.2. The van der Waals surface area contributed by atoms with E-state index < -0.39 is 0 Å². The van der Waals surface area contributed by atoms with Crippen LogP contribution in [0.2, 0.25) is 0 Å². The Morgan fingerprint density at radius 1 is 0.426 bits per heavy atom. The molecule has 7 aromatic carbocycles. The molecule has 9 aromatic rings. The van der Waals surface area contributed by atoms with Gasteiger partial charge in [-0.3, -0.25) is 0 Å². The fourth-order valence-corrected chi connectivity index (χ4v) is 8.37. The predicted molar refractivity (Wildman–Crippen MR) is 219 cm³/mol. The molecule has 0 amide bonds. The van der Waals surface area contributed by atoms with Crippen molar-refractivity contribution < 1.29 is 4.42 Å². The van der Waals surface area contributed by atoms with Crippen LogP contribution < -0.4 is 15.3 Å². The molecule has 2 aliphatic rings. The van der Waals surface area contributed by atoms with Gasteiger partial charge in [0.1, 0.15) is 11.2 Å². The average molecular weight is 693 g/mol. The summed E-state index contributed by atoms with van der Waals surface area (Å²) in [7, 11) is 0. The van der Waals surface area contributed by atoms with Crippen LogP contribution in [-0.2, 0) is 0 Å². The Labute approximate surface area is 311 Å². The first kappa shape index (κ1) is 30.5. The smallest absolute Gasteiger partial charge is 0.164 e. The van der Waals surface area contributed by atoms with Crippen LogP contribution in [0.1, 0.15) is 11.5 Å². The van der Waals surface area contributed by atoms with E-state index in [-0.39, 0.29) is 12.0 Å². The van der Waals surface area contributed by atoms with Crippen molar-refractivity contribution in [3.05, 3.63) is 186 Å². The minimum absolute atomic E-state index is 0.0650. The van der Waals surface area contributed by atoms with Gasteiger partial charge in [0.25, 0.3) is 0 Å².